The molecule has 3 aromatic heterocycles. The van der Waals surface area contributed by atoms with Crippen LogP contribution in [-0.2, 0) is 0 Å². The summed E-state index contributed by atoms with van der Waals surface area (Å²) in [4.78, 5) is 8.63. The van der Waals surface area contributed by atoms with Gasteiger partial charge in [0.15, 0.2) is 0 Å². The van der Waals surface area contributed by atoms with Gasteiger partial charge in [0.2, 0.25) is 0 Å². The van der Waals surface area contributed by atoms with Crippen molar-refractivity contribution in [2.45, 2.75) is 6.04 Å². The molecule has 0 amide bonds. The van der Waals surface area contributed by atoms with Crippen molar-refractivity contribution in [3.8, 4) is 5.75 Å². The van der Waals surface area contributed by atoms with Gasteiger partial charge in [0.1, 0.15) is 17.1 Å². The number of benzene rings is 1. The van der Waals surface area contributed by atoms with E-state index in [1.165, 1.54) is 0 Å². The van der Waals surface area contributed by atoms with Crippen LogP contribution in [-0.4, -0.2) is 15.1 Å². The summed E-state index contributed by atoms with van der Waals surface area (Å²) in [6.45, 7) is 0. The third-order valence-electron chi connectivity index (χ3n) is 3.99. The number of hydrogen-bond donors (Lipinski definition) is 2. The number of phenolic OH excluding ortho intramolecular Hbond substituents is 1. The Morgan fingerprint density at radius 1 is 1.08 bits per heavy atom. The highest BCUT2D eigenvalue weighted by Gasteiger charge is 2.22. The summed E-state index contributed by atoms with van der Waals surface area (Å²) in [6, 6.07) is 12.8. The standard InChI is InChI=1S/C19H14ClN3OS/c20-15-10-14(19(24)18-13(15)4-3-8-22-18)17(12-6-9-25-11-12)23-16-5-1-2-7-21-16/h1-11,17,24H,(H,21,23)/t17-/m1/s1. The van der Waals surface area contributed by atoms with Crippen molar-refractivity contribution in [2.24, 2.45) is 0 Å². The summed E-state index contributed by atoms with van der Waals surface area (Å²) in [6.07, 6.45) is 3.37. The number of thiophene rings is 1. The average Bonchev–Trinajstić information content (AvgIpc) is 3.18. The monoisotopic (exact) mass is 367 g/mol. The van der Waals surface area contributed by atoms with Crippen LogP contribution in [0.4, 0.5) is 5.82 Å². The summed E-state index contributed by atoms with van der Waals surface area (Å²) in [7, 11) is 0. The number of nitrogens with zero attached hydrogens (tertiary/aromatic N) is 2. The maximum absolute atomic E-state index is 10.8. The predicted molar refractivity (Wildman–Crippen MR) is 102 cm³/mol. The maximum atomic E-state index is 10.8. The predicted octanol–water partition coefficient (Wildman–Crippen LogP) is 5.25. The van der Waals surface area contributed by atoms with E-state index in [-0.39, 0.29) is 11.8 Å². The molecule has 0 aliphatic carbocycles. The minimum absolute atomic E-state index is 0.125. The molecule has 0 spiro atoms. The lowest BCUT2D eigenvalue weighted by Gasteiger charge is -2.21. The molecule has 124 valence electrons. The Balaban J connectivity index is 1.88. The molecule has 0 bridgehead atoms. The van der Waals surface area contributed by atoms with E-state index in [9.17, 15) is 5.11 Å². The number of nitrogens with one attached hydrogen (secondary N) is 1. The van der Waals surface area contributed by atoms with Gasteiger partial charge in [-0.2, -0.15) is 11.3 Å². The summed E-state index contributed by atoms with van der Waals surface area (Å²) in [5.41, 5.74) is 2.19. The number of rotatable bonds is 4. The molecule has 3 heterocycles. The molecule has 1 atom stereocenters. The first kappa shape index (κ1) is 15.9. The van der Waals surface area contributed by atoms with Crippen molar-refractivity contribution >= 4 is 39.7 Å². The molecule has 0 saturated heterocycles. The normalized spacial score (nSPS) is 12.2. The number of aromatic hydroxyl groups is 1. The van der Waals surface area contributed by atoms with Crippen LogP contribution in [0.25, 0.3) is 10.9 Å². The van der Waals surface area contributed by atoms with E-state index in [4.69, 9.17) is 11.6 Å². The first-order valence-corrected chi connectivity index (χ1v) is 9.02. The van der Waals surface area contributed by atoms with Gasteiger partial charge in [-0.1, -0.05) is 17.7 Å². The van der Waals surface area contributed by atoms with Crippen LogP contribution < -0.4 is 5.32 Å². The second kappa shape index (κ2) is 6.70. The summed E-state index contributed by atoms with van der Waals surface area (Å²) < 4.78 is 0. The summed E-state index contributed by atoms with van der Waals surface area (Å²) >= 11 is 8.05. The van der Waals surface area contributed by atoms with Gasteiger partial charge in [0, 0.05) is 23.3 Å². The Morgan fingerprint density at radius 3 is 2.72 bits per heavy atom. The third kappa shape index (κ3) is 3.04. The minimum Gasteiger partial charge on any atom is -0.505 e. The maximum Gasteiger partial charge on any atom is 0.147 e. The highest BCUT2D eigenvalue weighted by atomic mass is 35.5. The van der Waals surface area contributed by atoms with E-state index in [0.717, 1.165) is 16.8 Å². The first-order chi connectivity index (χ1) is 12.2. The molecule has 6 heteroatoms. The van der Waals surface area contributed by atoms with E-state index >= 15 is 0 Å². The Labute approximate surface area is 153 Å². The topological polar surface area (TPSA) is 58.0 Å². The molecule has 25 heavy (non-hydrogen) atoms. The van der Waals surface area contributed by atoms with Crippen molar-refractivity contribution in [1.29, 1.82) is 0 Å². The van der Waals surface area contributed by atoms with Gasteiger partial charge < -0.3 is 10.4 Å². The van der Waals surface area contributed by atoms with Crippen molar-refractivity contribution < 1.29 is 5.11 Å². The first-order valence-electron chi connectivity index (χ1n) is 7.70. The van der Waals surface area contributed by atoms with E-state index in [2.05, 4.69) is 15.3 Å². The highest BCUT2D eigenvalue weighted by Crippen LogP contribution is 2.39. The van der Waals surface area contributed by atoms with Crippen molar-refractivity contribution in [3.05, 3.63) is 81.8 Å². The number of pyridine rings is 2. The Bertz CT molecular complexity index is 1010. The molecule has 0 radical (unpaired) electrons. The Hall–Kier alpha value is -2.63. The summed E-state index contributed by atoms with van der Waals surface area (Å²) in [5.74, 6) is 0.843. The fraction of sp³-hybridized carbons (Fsp3) is 0.0526. The fourth-order valence-corrected chi connectivity index (χ4v) is 3.76. The molecular weight excluding hydrogens is 354 g/mol. The number of phenols is 1. The third-order valence-corrected chi connectivity index (χ3v) is 5.00. The molecule has 2 N–H and O–H groups in total. The smallest absolute Gasteiger partial charge is 0.147 e. The van der Waals surface area contributed by atoms with Crippen molar-refractivity contribution in [1.82, 2.24) is 9.97 Å². The van der Waals surface area contributed by atoms with Crippen molar-refractivity contribution in [2.75, 3.05) is 5.32 Å². The lowest BCUT2D eigenvalue weighted by molar-refractivity contribution is 0.472. The second-order valence-corrected chi connectivity index (χ2v) is 6.73. The van der Waals surface area contributed by atoms with E-state index in [1.807, 2.05) is 41.1 Å². The Kier molecular flexibility index (Phi) is 4.26. The molecule has 1 aromatic carbocycles. The van der Waals surface area contributed by atoms with Crippen LogP contribution in [0, 0.1) is 0 Å². The number of halogens is 1. The van der Waals surface area contributed by atoms with Gasteiger partial charge in [0.25, 0.3) is 0 Å². The number of anilines is 1. The zero-order chi connectivity index (χ0) is 17.2. The molecule has 0 aliphatic heterocycles. The van der Waals surface area contributed by atoms with Crippen LogP contribution in [0.5, 0.6) is 5.75 Å². The minimum atomic E-state index is -0.287. The van der Waals surface area contributed by atoms with Gasteiger partial charge in [-0.25, -0.2) is 4.98 Å². The van der Waals surface area contributed by atoms with Gasteiger partial charge in [-0.3, -0.25) is 4.98 Å². The molecule has 0 aliphatic rings. The van der Waals surface area contributed by atoms with E-state index in [0.29, 0.717) is 16.1 Å². The Morgan fingerprint density at radius 2 is 1.96 bits per heavy atom. The number of hydrogen-bond acceptors (Lipinski definition) is 5. The molecule has 4 aromatic rings. The van der Waals surface area contributed by atoms with Crippen LogP contribution in [0.2, 0.25) is 5.02 Å². The summed E-state index contributed by atoms with van der Waals surface area (Å²) in [5, 5.41) is 19.5. The zero-order valence-electron chi connectivity index (χ0n) is 13.1. The van der Waals surface area contributed by atoms with E-state index in [1.54, 1.807) is 35.9 Å². The molecule has 0 unspecified atom stereocenters. The number of fused-ring (bicyclic) bond motifs is 1. The van der Waals surface area contributed by atoms with Crippen LogP contribution in [0.15, 0.2) is 65.6 Å². The largest absolute Gasteiger partial charge is 0.505 e. The number of aromatic nitrogens is 2. The molecule has 0 saturated carbocycles. The van der Waals surface area contributed by atoms with Gasteiger partial charge in [-0.05, 0) is 52.7 Å². The van der Waals surface area contributed by atoms with Gasteiger partial charge >= 0.3 is 0 Å². The molecule has 4 rings (SSSR count). The molecule has 0 fully saturated rings. The van der Waals surface area contributed by atoms with Crippen molar-refractivity contribution in [3.63, 3.8) is 0 Å². The van der Waals surface area contributed by atoms with Crippen LogP contribution >= 0.6 is 22.9 Å². The lowest BCUT2D eigenvalue weighted by atomic mass is 9.98. The van der Waals surface area contributed by atoms with Crippen LogP contribution in [0.1, 0.15) is 17.2 Å². The van der Waals surface area contributed by atoms with Gasteiger partial charge in [0.05, 0.1) is 11.1 Å². The zero-order valence-corrected chi connectivity index (χ0v) is 14.6. The second-order valence-electron chi connectivity index (χ2n) is 5.54. The SMILES string of the molecule is Oc1c([C@H](Nc2ccccn2)c2ccsc2)cc(Cl)c2cccnc12. The van der Waals surface area contributed by atoms with Gasteiger partial charge in [-0.15, -0.1) is 0 Å². The molecular formula is C19H14ClN3OS. The fourth-order valence-electron chi connectivity index (χ4n) is 2.80. The highest BCUT2D eigenvalue weighted by molar-refractivity contribution is 7.08. The quantitative estimate of drug-likeness (QED) is 0.517. The van der Waals surface area contributed by atoms with E-state index < -0.39 is 0 Å². The molecule has 4 nitrogen and oxygen atoms in total. The van der Waals surface area contributed by atoms with Crippen LogP contribution in [0.3, 0.4) is 0 Å². The average molecular weight is 368 g/mol. The lowest BCUT2D eigenvalue weighted by Crippen LogP contribution is -2.13.